The predicted octanol–water partition coefficient (Wildman–Crippen LogP) is 6.25. The average molecular weight is 583 g/mol. The van der Waals surface area contributed by atoms with Crippen molar-refractivity contribution in [3.63, 3.8) is 0 Å². The number of ether oxygens (including phenoxy) is 1. The fraction of sp³-hybridized carbons (Fsp3) is 0.541. The van der Waals surface area contributed by atoms with Gasteiger partial charge in [0.25, 0.3) is 5.56 Å². The molecule has 0 bridgehead atoms. The van der Waals surface area contributed by atoms with Gasteiger partial charge < -0.3 is 14.6 Å². The highest BCUT2D eigenvalue weighted by Crippen LogP contribution is 2.47. The van der Waals surface area contributed by atoms with Crippen LogP contribution in [0.2, 0.25) is 0 Å². The molecule has 2 aliphatic carbocycles. The Bertz CT molecular complexity index is 1560. The van der Waals surface area contributed by atoms with Gasteiger partial charge in [-0.2, -0.15) is 0 Å². The third-order valence-electron chi connectivity index (χ3n) is 10.4. The zero-order chi connectivity index (χ0) is 30.4. The number of aromatic nitrogens is 1. The van der Waals surface area contributed by atoms with Crippen LogP contribution in [0.4, 0.5) is 0 Å². The predicted molar refractivity (Wildman–Crippen MR) is 176 cm³/mol. The van der Waals surface area contributed by atoms with Crippen LogP contribution >= 0.6 is 0 Å². The van der Waals surface area contributed by atoms with E-state index >= 15 is 0 Å². The highest BCUT2D eigenvalue weighted by molar-refractivity contribution is 5.71. The lowest BCUT2D eigenvalue weighted by molar-refractivity contribution is 0.116. The molecule has 0 radical (unpaired) electrons. The van der Waals surface area contributed by atoms with Crippen LogP contribution in [0.1, 0.15) is 90.9 Å². The fourth-order valence-corrected chi connectivity index (χ4v) is 7.59. The third-order valence-corrected chi connectivity index (χ3v) is 10.4. The molecule has 6 heteroatoms. The maximum Gasteiger partial charge on any atom is 0.253 e. The van der Waals surface area contributed by atoms with Gasteiger partial charge in [-0.05, 0) is 98.4 Å². The van der Waals surface area contributed by atoms with Gasteiger partial charge in [0.1, 0.15) is 5.75 Å². The molecule has 2 aliphatic heterocycles. The molecule has 43 heavy (non-hydrogen) atoms. The van der Waals surface area contributed by atoms with Crippen molar-refractivity contribution in [2.24, 2.45) is 7.05 Å². The summed E-state index contributed by atoms with van der Waals surface area (Å²) in [5.41, 5.74) is 11.7. The summed E-state index contributed by atoms with van der Waals surface area (Å²) >= 11 is 0. The molecule has 1 aromatic heterocycles. The van der Waals surface area contributed by atoms with Gasteiger partial charge in [0.05, 0.1) is 7.11 Å². The minimum absolute atomic E-state index is 0.0779. The number of hydrogen-bond donors (Lipinski definition) is 1. The minimum Gasteiger partial charge on any atom is -0.496 e. The summed E-state index contributed by atoms with van der Waals surface area (Å²) in [6.45, 7) is 15.6. The molecule has 3 unspecified atom stereocenters. The second-order valence-electron chi connectivity index (χ2n) is 13.0. The first-order valence-corrected chi connectivity index (χ1v) is 16.5. The molecular weight excluding hydrogens is 532 g/mol. The molecule has 4 aliphatic rings. The molecule has 6 nitrogen and oxygen atoms in total. The lowest BCUT2D eigenvalue weighted by Crippen LogP contribution is -2.45. The maximum atomic E-state index is 12.5. The van der Waals surface area contributed by atoms with E-state index in [4.69, 9.17) is 4.74 Å². The van der Waals surface area contributed by atoms with Crippen molar-refractivity contribution in [3.8, 4) is 16.9 Å². The smallest absolute Gasteiger partial charge is 0.253 e. The van der Waals surface area contributed by atoms with Crippen LogP contribution in [0.15, 0.2) is 41.3 Å². The van der Waals surface area contributed by atoms with Gasteiger partial charge in [0.2, 0.25) is 0 Å². The molecule has 7 rings (SSSR count). The van der Waals surface area contributed by atoms with Crippen LogP contribution in [0.5, 0.6) is 5.75 Å². The summed E-state index contributed by atoms with van der Waals surface area (Å²) in [5.74, 6) is 1.61. The number of fused-ring (bicyclic) bond motifs is 2. The van der Waals surface area contributed by atoms with E-state index in [0.29, 0.717) is 24.0 Å². The molecule has 230 valence electrons. The Hall–Kier alpha value is -2.93. The summed E-state index contributed by atoms with van der Waals surface area (Å²) in [5, 5.41) is 3.62. The Kier molecular flexibility index (Phi) is 8.56. The Morgan fingerprint density at radius 3 is 2.40 bits per heavy atom. The molecule has 0 spiro atoms. The van der Waals surface area contributed by atoms with Gasteiger partial charge in [-0.1, -0.05) is 38.1 Å². The average Bonchev–Trinajstić information content (AvgIpc) is 3.95. The van der Waals surface area contributed by atoms with Crippen LogP contribution in [0, 0.1) is 13.8 Å². The first-order valence-electron chi connectivity index (χ1n) is 16.5. The van der Waals surface area contributed by atoms with Gasteiger partial charge in [-0.3, -0.25) is 14.6 Å². The zero-order valence-corrected chi connectivity index (χ0v) is 27.3. The van der Waals surface area contributed by atoms with Crippen molar-refractivity contribution in [2.75, 3.05) is 26.7 Å². The standard InChI is InChI=1S/C35H44N4O2.C2H6/c1-21-22(2)35(40)37(4)19-30(21)26-15-29(24-9-10-24)31(34(16-26)41-5)20-39-14-13-38(32-17-33(32)39)18-25-7-6-8-27-23(3)36-12-11-28(25)27;1-2/h6-8,15-16,19,23-24,32-33,36H,9-14,17-18,20H2,1-5H3;1-2H3. The quantitative estimate of drug-likeness (QED) is 0.357. The number of aryl methyl sites for hydroxylation is 1. The second-order valence-corrected chi connectivity index (χ2v) is 13.0. The molecule has 1 saturated heterocycles. The van der Waals surface area contributed by atoms with Crippen LogP contribution < -0.4 is 15.6 Å². The van der Waals surface area contributed by atoms with Crippen molar-refractivity contribution in [3.05, 3.63) is 85.8 Å². The highest BCUT2D eigenvalue weighted by atomic mass is 16.5. The molecule has 2 aromatic carbocycles. The molecular formula is C37H50N4O2. The number of nitrogens with one attached hydrogen (secondary N) is 1. The normalized spacial score (nSPS) is 23.2. The van der Waals surface area contributed by atoms with E-state index in [0.717, 1.165) is 67.1 Å². The van der Waals surface area contributed by atoms with E-state index in [2.05, 4.69) is 59.3 Å². The Balaban J connectivity index is 0.00000161. The highest BCUT2D eigenvalue weighted by Gasteiger charge is 2.49. The Morgan fingerprint density at radius 1 is 0.977 bits per heavy atom. The Morgan fingerprint density at radius 2 is 1.70 bits per heavy atom. The zero-order valence-electron chi connectivity index (χ0n) is 27.3. The number of rotatable bonds is 7. The Labute approximate surface area is 258 Å². The van der Waals surface area contributed by atoms with Crippen LogP contribution in [0.25, 0.3) is 11.1 Å². The third kappa shape index (κ3) is 5.70. The lowest BCUT2D eigenvalue weighted by atomic mass is 9.91. The van der Waals surface area contributed by atoms with Crippen molar-refractivity contribution >= 4 is 0 Å². The number of nitrogens with zero attached hydrogens (tertiary/aromatic N) is 3. The molecule has 3 fully saturated rings. The molecule has 3 atom stereocenters. The number of benzene rings is 2. The molecule has 2 saturated carbocycles. The molecule has 3 heterocycles. The SMILES string of the molecule is CC.COc1cc(-c2cn(C)c(=O)c(C)c2C)cc(C2CC2)c1CN1CCN(Cc2cccc3c2CCNC3C)C2CC21. The fourth-order valence-electron chi connectivity index (χ4n) is 7.59. The summed E-state index contributed by atoms with van der Waals surface area (Å²) in [6.07, 6.45) is 6.90. The van der Waals surface area contributed by atoms with Crippen molar-refractivity contribution in [1.29, 1.82) is 0 Å². The molecule has 1 N–H and O–H groups in total. The van der Waals surface area contributed by atoms with E-state index in [1.807, 2.05) is 41.1 Å². The van der Waals surface area contributed by atoms with Crippen molar-refractivity contribution in [1.82, 2.24) is 19.7 Å². The van der Waals surface area contributed by atoms with Crippen LogP contribution in [0.3, 0.4) is 0 Å². The first kappa shape index (κ1) is 30.1. The number of pyridine rings is 1. The lowest BCUT2D eigenvalue weighted by Gasteiger charge is -2.36. The minimum atomic E-state index is 0.0779. The molecule has 0 amide bonds. The van der Waals surface area contributed by atoms with Gasteiger partial charge >= 0.3 is 0 Å². The number of methoxy groups -OCH3 is 1. The van der Waals surface area contributed by atoms with E-state index in [9.17, 15) is 4.79 Å². The van der Waals surface area contributed by atoms with E-state index < -0.39 is 0 Å². The van der Waals surface area contributed by atoms with Crippen molar-refractivity contribution in [2.45, 2.75) is 97.4 Å². The van der Waals surface area contributed by atoms with Crippen LogP contribution in [-0.2, 0) is 26.6 Å². The van der Waals surface area contributed by atoms with Gasteiger partial charge in [-0.25, -0.2) is 0 Å². The van der Waals surface area contributed by atoms with Crippen LogP contribution in [-0.4, -0.2) is 53.2 Å². The molecule has 3 aromatic rings. The van der Waals surface area contributed by atoms with Crippen molar-refractivity contribution < 1.29 is 4.74 Å². The monoisotopic (exact) mass is 582 g/mol. The van der Waals surface area contributed by atoms with E-state index in [-0.39, 0.29) is 5.56 Å². The number of piperazine rings is 1. The van der Waals surface area contributed by atoms with Gasteiger partial charge in [-0.15, -0.1) is 0 Å². The summed E-state index contributed by atoms with van der Waals surface area (Å²) in [4.78, 5) is 18.0. The largest absolute Gasteiger partial charge is 0.496 e. The summed E-state index contributed by atoms with van der Waals surface area (Å²) < 4.78 is 7.80. The van der Waals surface area contributed by atoms with Gasteiger partial charge in [0.15, 0.2) is 0 Å². The van der Waals surface area contributed by atoms with E-state index in [1.165, 1.54) is 41.5 Å². The summed E-state index contributed by atoms with van der Waals surface area (Å²) in [6, 6.07) is 13.3. The topological polar surface area (TPSA) is 49.7 Å². The second kappa shape index (κ2) is 12.2. The summed E-state index contributed by atoms with van der Waals surface area (Å²) in [7, 11) is 3.66. The van der Waals surface area contributed by atoms with E-state index in [1.54, 1.807) is 10.1 Å². The maximum absolute atomic E-state index is 12.5. The number of hydrogen-bond acceptors (Lipinski definition) is 5. The van der Waals surface area contributed by atoms with Gasteiger partial charge in [0, 0.05) is 74.2 Å². The first-order chi connectivity index (χ1) is 20.8.